The first-order valence-corrected chi connectivity index (χ1v) is 4.93. The number of nitrogens with two attached hydrogens (primary N) is 1. The molecule has 6 heteroatoms. The Bertz CT molecular complexity index is 431. The first kappa shape index (κ1) is 12.7. The zero-order chi connectivity index (χ0) is 12.8. The van der Waals surface area contributed by atoms with Crippen LogP contribution in [0.5, 0.6) is 0 Å². The third-order valence-electron chi connectivity index (χ3n) is 1.94. The summed E-state index contributed by atoms with van der Waals surface area (Å²) in [5.41, 5.74) is 5.42. The Hall–Kier alpha value is -2.37. The van der Waals surface area contributed by atoms with E-state index in [0.717, 1.165) is 0 Å². The summed E-state index contributed by atoms with van der Waals surface area (Å²) in [6.45, 7) is 1.23. The molecule has 0 fully saturated rings. The van der Waals surface area contributed by atoms with Gasteiger partial charge in [-0.2, -0.15) is 0 Å². The Morgan fingerprint density at radius 3 is 2.18 bits per heavy atom. The number of hydrogen-bond acceptors (Lipinski definition) is 3. The normalized spacial score (nSPS) is 11.4. The fraction of sp³-hybridized carbons (Fsp3) is 0.182. The largest absolute Gasteiger partial charge is 0.366 e. The molecule has 17 heavy (non-hydrogen) atoms. The lowest BCUT2D eigenvalue weighted by molar-refractivity contribution is -0.126. The number of nitrogens with one attached hydrogen (secondary N) is 2. The first-order valence-electron chi connectivity index (χ1n) is 4.93. The van der Waals surface area contributed by atoms with Crippen molar-refractivity contribution in [3.63, 3.8) is 0 Å². The van der Waals surface area contributed by atoms with Gasteiger partial charge < -0.3 is 16.4 Å². The minimum Gasteiger partial charge on any atom is -0.366 e. The molecule has 3 amide bonds. The molecule has 90 valence electrons. The van der Waals surface area contributed by atoms with Crippen molar-refractivity contribution in [3.8, 4) is 0 Å². The molecule has 0 saturated carbocycles. The van der Waals surface area contributed by atoms with Gasteiger partial charge in [-0.05, 0) is 12.1 Å². The van der Waals surface area contributed by atoms with Crippen LogP contribution in [0.3, 0.4) is 0 Å². The molecule has 0 spiro atoms. The van der Waals surface area contributed by atoms with Crippen LogP contribution in [0, 0.1) is 0 Å². The van der Waals surface area contributed by atoms with Crippen LogP contribution in [0.25, 0.3) is 0 Å². The lowest BCUT2D eigenvalue weighted by Crippen LogP contribution is -2.54. The second-order valence-corrected chi connectivity index (χ2v) is 3.38. The summed E-state index contributed by atoms with van der Waals surface area (Å²) in [5.74, 6) is -1.77. The van der Waals surface area contributed by atoms with Gasteiger partial charge in [0, 0.05) is 12.5 Å². The highest BCUT2D eigenvalue weighted by molar-refractivity contribution is 5.98. The molecule has 0 saturated heterocycles. The number of primary amides is 1. The number of carbonyl (C=O) groups is 3. The maximum atomic E-state index is 11.7. The number of hydrogen-bond donors (Lipinski definition) is 3. The van der Waals surface area contributed by atoms with Crippen molar-refractivity contribution in [2.24, 2.45) is 5.73 Å². The number of carbonyl (C=O) groups excluding carboxylic acids is 3. The highest BCUT2D eigenvalue weighted by atomic mass is 16.2. The van der Waals surface area contributed by atoms with E-state index in [0.29, 0.717) is 5.56 Å². The van der Waals surface area contributed by atoms with E-state index in [4.69, 9.17) is 5.73 Å². The Kier molecular flexibility index (Phi) is 4.21. The van der Waals surface area contributed by atoms with Gasteiger partial charge in [0.05, 0.1) is 0 Å². The molecule has 1 atom stereocenters. The molecule has 1 aromatic carbocycles. The number of rotatable bonds is 4. The van der Waals surface area contributed by atoms with Crippen LogP contribution in [0.4, 0.5) is 0 Å². The maximum Gasteiger partial charge on any atom is 0.260 e. The second kappa shape index (κ2) is 5.64. The zero-order valence-corrected chi connectivity index (χ0v) is 9.27. The Balaban J connectivity index is 2.71. The standard InChI is InChI=1S/C11H13N3O3/c1-7(15)13-10(9(12)16)14-11(17)8-5-3-2-4-6-8/h2-6,10H,1H3,(H2,12,16)(H,13,15)(H,14,17). The van der Waals surface area contributed by atoms with Gasteiger partial charge in [0.2, 0.25) is 5.91 Å². The van der Waals surface area contributed by atoms with Crippen LogP contribution in [0.15, 0.2) is 30.3 Å². The quantitative estimate of drug-likeness (QED) is 0.605. The fourth-order valence-electron chi connectivity index (χ4n) is 1.19. The van der Waals surface area contributed by atoms with Gasteiger partial charge in [0.1, 0.15) is 0 Å². The van der Waals surface area contributed by atoms with Gasteiger partial charge in [-0.25, -0.2) is 0 Å². The van der Waals surface area contributed by atoms with E-state index in [1.165, 1.54) is 6.92 Å². The van der Waals surface area contributed by atoms with Crippen molar-refractivity contribution < 1.29 is 14.4 Å². The van der Waals surface area contributed by atoms with Crippen LogP contribution >= 0.6 is 0 Å². The van der Waals surface area contributed by atoms with Gasteiger partial charge in [-0.15, -0.1) is 0 Å². The van der Waals surface area contributed by atoms with E-state index >= 15 is 0 Å². The Morgan fingerprint density at radius 2 is 1.71 bits per heavy atom. The summed E-state index contributed by atoms with van der Waals surface area (Å²) < 4.78 is 0. The van der Waals surface area contributed by atoms with Crippen LogP contribution in [0.2, 0.25) is 0 Å². The smallest absolute Gasteiger partial charge is 0.260 e. The molecule has 1 aromatic rings. The van der Waals surface area contributed by atoms with Crippen LogP contribution < -0.4 is 16.4 Å². The van der Waals surface area contributed by atoms with Gasteiger partial charge in [0.15, 0.2) is 6.17 Å². The predicted octanol–water partition coefficient (Wildman–Crippen LogP) is -0.636. The Labute approximate surface area is 98.2 Å². The van der Waals surface area contributed by atoms with E-state index < -0.39 is 23.9 Å². The molecular weight excluding hydrogens is 222 g/mol. The summed E-state index contributed by atoms with van der Waals surface area (Å²) in [5, 5.41) is 4.55. The molecule has 0 aliphatic carbocycles. The van der Waals surface area contributed by atoms with E-state index in [2.05, 4.69) is 10.6 Å². The Morgan fingerprint density at radius 1 is 1.12 bits per heavy atom. The third kappa shape index (κ3) is 3.94. The first-order chi connectivity index (χ1) is 8.00. The minimum absolute atomic E-state index is 0.379. The molecule has 0 aliphatic heterocycles. The molecule has 0 heterocycles. The summed E-state index contributed by atoms with van der Waals surface area (Å²) in [4.78, 5) is 33.5. The topological polar surface area (TPSA) is 101 Å². The van der Waals surface area contributed by atoms with Gasteiger partial charge in [0.25, 0.3) is 11.8 Å². The number of amides is 3. The van der Waals surface area contributed by atoms with E-state index in [1.54, 1.807) is 30.3 Å². The fourth-order valence-corrected chi connectivity index (χ4v) is 1.19. The van der Waals surface area contributed by atoms with Gasteiger partial charge in [-0.1, -0.05) is 18.2 Å². The predicted molar refractivity (Wildman–Crippen MR) is 60.7 cm³/mol. The highest BCUT2D eigenvalue weighted by Crippen LogP contribution is 1.98. The maximum absolute atomic E-state index is 11.7. The van der Waals surface area contributed by atoms with Crippen molar-refractivity contribution in [3.05, 3.63) is 35.9 Å². The molecule has 6 nitrogen and oxygen atoms in total. The second-order valence-electron chi connectivity index (χ2n) is 3.38. The van der Waals surface area contributed by atoms with E-state index in [1.807, 2.05) is 0 Å². The van der Waals surface area contributed by atoms with Crippen molar-refractivity contribution >= 4 is 17.7 Å². The van der Waals surface area contributed by atoms with E-state index in [9.17, 15) is 14.4 Å². The average Bonchev–Trinajstić information content (AvgIpc) is 2.28. The summed E-state index contributed by atoms with van der Waals surface area (Å²) in [7, 11) is 0. The minimum atomic E-state index is -1.21. The van der Waals surface area contributed by atoms with Crippen molar-refractivity contribution in [1.29, 1.82) is 0 Å². The molecule has 0 radical (unpaired) electrons. The van der Waals surface area contributed by atoms with Crippen molar-refractivity contribution in [2.75, 3.05) is 0 Å². The summed E-state index contributed by atoms with van der Waals surface area (Å²) in [6.07, 6.45) is -1.21. The molecule has 0 bridgehead atoms. The monoisotopic (exact) mass is 235 g/mol. The van der Waals surface area contributed by atoms with Gasteiger partial charge >= 0.3 is 0 Å². The van der Waals surface area contributed by atoms with Crippen LogP contribution in [-0.2, 0) is 9.59 Å². The van der Waals surface area contributed by atoms with Crippen LogP contribution in [0.1, 0.15) is 17.3 Å². The molecule has 4 N–H and O–H groups in total. The lowest BCUT2D eigenvalue weighted by Gasteiger charge is -2.15. The SMILES string of the molecule is CC(=O)NC(NC(=O)c1ccccc1)C(N)=O. The summed E-state index contributed by atoms with van der Waals surface area (Å²) in [6, 6.07) is 8.30. The molecule has 1 unspecified atom stereocenters. The van der Waals surface area contributed by atoms with Crippen molar-refractivity contribution in [1.82, 2.24) is 10.6 Å². The zero-order valence-electron chi connectivity index (χ0n) is 9.27. The van der Waals surface area contributed by atoms with Crippen LogP contribution in [-0.4, -0.2) is 23.9 Å². The third-order valence-corrected chi connectivity index (χ3v) is 1.94. The molecule has 1 rings (SSSR count). The van der Waals surface area contributed by atoms with Gasteiger partial charge in [-0.3, -0.25) is 14.4 Å². The van der Waals surface area contributed by atoms with E-state index in [-0.39, 0.29) is 0 Å². The lowest BCUT2D eigenvalue weighted by atomic mass is 10.2. The molecule has 0 aromatic heterocycles. The highest BCUT2D eigenvalue weighted by Gasteiger charge is 2.19. The molecular formula is C11H13N3O3. The number of benzene rings is 1. The van der Waals surface area contributed by atoms with Crippen molar-refractivity contribution in [2.45, 2.75) is 13.1 Å². The average molecular weight is 235 g/mol. The summed E-state index contributed by atoms with van der Waals surface area (Å²) >= 11 is 0. The molecule has 0 aliphatic rings.